The molecule has 0 atom stereocenters. The summed E-state index contributed by atoms with van der Waals surface area (Å²) in [6, 6.07) is 14.5. The van der Waals surface area contributed by atoms with Crippen molar-refractivity contribution in [1.29, 1.82) is 0 Å². The van der Waals surface area contributed by atoms with Crippen LogP contribution in [-0.2, 0) is 17.8 Å². The average Bonchev–Trinajstić information content (AvgIpc) is 3.35. The van der Waals surface area contributed by atoms with E-state index in [4.69, 9.17) is 0 Å². The molecule has 1 fully saturated rings. The Kier molecular flexibility index (Phi) is 3.58. The number of pyridine rings is 1. The quantitative estimate of drug-likeness (QED) is 0.786. The predicted octanol–water partition coefficient (Wildman–Crippen LogP) is 3.30. The summed E-state index contributed by atoms with van der Waals surface area (Å²) < 4.78 is 0. The molecule has 1 aliphatic carbocycles. The molecule has 1 N–H and O–H groups in total. The zero-order valence-electron chi connectivity index (χ0n) is 12.9. The summed E-state index contributed by atoms with van der Waals surface area (Å²) in [4.78, 5) is 22.3. The van der Waals surface area contributed by atoms with Crippen molar-refractivity contribution in [2.24, 2.45) is 0 Å². The van der Waals surface area contributed by atoms with Crippen molar-refractivity contribution >= 4 is 16.9 Å². The number of carbonyl (C=O) groups is 1. The number of fused-ring (bicyclic) bond motifs is 1. The first-order valence-electron chi connectivity index (χ1n) is 8.05. The summed E-state index contributed by atoms with van der Waals surface area (Å²) in [7, 11) is 0. The van der Waals surface area contributed by atoms with E-state index in [9.17, 15) is 4.79 Å². The van der Waals surface area contributed by atoms with E-state index in [0.717, 1.165) is 29.4 Å². The summed E-state index contributed by atoms with van der Waals surface area (Å²) in [5, 5.41) is 1.04. The second-order valence-corrected chi connectivity index (χ2v) is 6.13. The Bertz CT molecular complexity index is 821. The number of nitrogens with zero attached hydrogens (tertiary/aromatic N) is 2. The standard InChI is InChI=1S/C19H19N3O/c23-18(11-15-12-21-19-17(15)7-4-10-20-19)22(16-8-9-16)13-14-5-2-1-3-6-14/h1-7,10,12,16H,8-9,11,13H2,(H,20,21). The molecule has 4 rings (SSSR count). The maximum absolute atomic E-state index is 12.8. The van der Waals surface area contributed by atoms with Crippen LogP contribution >= 0.6 is 0 Å². The molecular formula is C19H19N3O. The molecule has 4 nitrogen and oxygen atoms in total. The highest BCUT2D eigenvalue weighted by Gasteiger charge is 2.32. The van der Waals surface area contributed by atoms with E-state index < -0.39 is 0 Å². The molecule has 0 radical (unpaired) electrons. The Hall–Kier alpha value is -2.62. The zero-order chi connectivity index (χ0) is 15.6. The highest BCUT2D eigenvalue weighted by atomic mass is 16.2. The molecule has 23 heavy (non-hydrogen) atoms. The summed E-state index contributed by atoms with van der Waals surface area (Å²) in [6.07, 6.45) is 6.33. The Morgan fingerprint density at radius 1 is 1.17 bits per heavy atom. The minimum atomic E-state index is 0.195. The van der Waals surface area contributed by atoms with Crippen LogP contribution in [0.15, 0.2) is 54.9 Å². The van der Waals surface area contributed by atoms with Crippen LogP contribution in [0.1, 0.15) is 24.0 Å². The summed E-state index contributed by atoms with van der Waals surface area (Å²) in [5.41, 5.74) is 3.06. The van der Waals surface area contributed by atoms with Gasteiger partial charge in [0.2, 0.25) is 5.91 Å². The molecule has 0 spiro atoms. The van der Waals surface area contributed by atoms with Crippen molar-refractivity contribution < 1.29 is 4.79 Å². The van der Waals surface area contributed by atoms with Gasteiger partial charge in [-0.25, -0.2) is 4.98 Å². The molecule has 3 aromatic rings. The summed E-state index contributed by atoms with van der Waals surface area (Å²) >= 11 is 0. The number of amides is 1. The smallest absolute Gasteiger partial charge is 0.227 e. The van der Waals surface area contributed by atoms with Crippen molar-refractivity contribution in [1.82, 2.24) is 14.9 Å². The second-order valence-electron chi connectivity index (χ2n) is 6.13. The van der Waals surface area contributed by atoms with Gasteiger partial charge in [-0.15, -0.1) is 0 Å². The molecule has 1 aliphatic rings. The maximum atomic E-state index is 12.8. The fourth-order valence-electron chi connectivity index (χ4n) is 3.01. The Morgan fingerprint density at radius 3 is 2.78 bits per heavy atom. The van der Waals surface area contributed by atoms with E-state index in [2.05, 4.69) is 22.1 Å². The first-order chi connectivity index (χ1) is 11.3. The largest absolute Gasteiger partial charge is 0.346 e. The van der Waals surface area contributed by atoms with E-state index in [-0.39, 0.29) is 5.91 Å². The lowest BCUT2D eigenvalue weighted by atomic mass is 10.1. The van der Waals surface area contributed by atoms with Crippen LogP contribution in [0.2, 0.25) is 0 Å². The van der Waals surface area contributed by atoms with Crippen molar-refractivity contribution in [3.05, 3.63) is 66.0 Å². The third-order valence-electron chi connectivity index (χ3n) is 4.38. The van der Waals surface area contributed by atoms with E-state index >= 15 is 0 Å². The molecule has 2 aromatic heterocycles. The number of benzene rings is 1. The van der Waals surface area contributed by atoms with Crippen molar-refractivity contribution in [2.75, 3.05) is 0 Å². The lowest BCUT2D eigenvalue weighted by molar-refractivity contribution is -0.131. The third-order valence-corrected chi connectivity index (χ3v) is 4.38. The summed E-state index contributed by atoms with van der Waals surface area (Å²) in [6.45, 7) is 0.699. The normalized spacial score (nSPS) is 14.1. The summed E-state index contributed by atoms with van der Waals surface area (Å²) in [5.74, 6) is 0.195. The van der Waals surface area contributed by atoms with Crippen LogP contribution < -0.4 is 0 Å². The molecule has 2 heterocycles. The molecule has 116 valence electrons. The van der Waals surface area contributed by atoms with E-state index in [1.165, 1.54) is 5.56 Å². The zero-order valence-corrected chi connectivity index (χ0v) is 12.9. The van der Waals surface area contributed by atoms with E-state index in [1.807, 2.05) is 41.4 Å². The molecule has 0 bridgehead atoms. The maximum Gasteiger partial charge on any atom is 0.227 e. The molecule has 0 unspecified atom stereocenters. The minimum Gasteiger partial charge on any atom is -0.346 e. The lowest BCUT2D eigenvalue weighted by Crippen LogP contribution is -2.33. The number of H-pyrrole nitrogens is 1. The van der Waals surface area contributed by atoms with Crippen molar-refractivity contribution in [3.8, 4) is 0 Å². The van der Waals surface area contributed by atoms with Gasteiger partial charge in [-0.05, 0) is 36.1 Å². The molecule has 0 saturated heterocycles. The van der Waals surface area contributed by atoms with Gasteiger partial charge in [-0.1, -0.05) is 30.3 Å². The van der Waals surface area contributed by atoms with Crippen LogP contribution in [0.3, 0.4) is 0 Å². The topological polar surface area (TPSA) is 49.0 Å². The van der Waals surface area contributed by atoms with Crippen LogP contribution in [0.5, 0.6) is 0 Å². The van der Waals surface area contributed by atoms with Crippen LogP contribution in [0.4, 0.5) is 0 Å². The average molecular weight is 305 g/mol. The number of nitrogens with one attached hydrogen (secondary N) is 1. The van der Waals surface area contributed by atoms with Gasteiger partial charge in [-0.2, -0.15) is 0 Å². The monoisotopic (exact) mass is 305 g/mol. The second kappa shape index (κ2) is 5.88. The van der Waals surface area contributed by atoms with Gasteiger partial charge in [0, 0.05) is 30.4 Å². The van der Waals surface area contributed by atoms with Gasteiger partial charge in [0.15, 0.2) is 0 Å². The fourth-order valence-corrected chi connectivity index (χ4v) is 3.01. The fraction of sp³-hybridized carbons (Fsp3) is 0.263. The molecular weight excluding hydrogens is 286 g/mol. The number of hydrogen-bond acceptors (Lipinski definition) is 2. The molecule has 0 aliphatic heterocycles. The van der Waals surface area contributed by atoms with E-state index in [1.54, 1.807) is 6.20 Å². The number of carbonyl (C=O) groups excluding carboxylic acids is 1. The molecule has 1 aromatic carbocycles. The van der Waals surface area contributed by atoms with Gasteiger partial charge in [0.05, 0.1) is 6.42 Å². The molecule has 1 saturated carbocycles. The van der Waals surface area contributed by atoms with Crippen LogP contribution in [-0.4, -0.2) is 26.8 Å². The Labute approximate surface area is 135 Å². The van der Waals surface area contributed by atoms with Gasteiger partial charge in [0.1, 0.15) is 5.65 Å². The van der Waals surface area contributed by atoms with E-state index in [0.29, 0.717) is 19.0 Å². The van der Waals surface area contributed by atoms with Gasteiger partial charge >= 0.3 is 0 Å². The SMILES string of the molecule is O=C(Cc1c[nH]c2ncccc12)N(Cc1ccccc1)C1CC1. The highest BCUT2D eigenvalue weighted by Crippen LogP contribution is 2.29. The third kappa shape index (κ3) is 2.97. The Morgan fingerprint density at radius 2 is 2.00 bits per heavy atom. The number of rotatable bonds is 5. The van der Waals surface area contributed by atoms with Crippen molar-refractivity contribution in [2.45, 2.75) is 31.8 Å². The Balaban J connectivity index is 1.54. The van der Waals surface area contributed by atoms with Crippen molar-refractivity contribution in [3.63, 3.8) is 0 Å². The van der Waals surface area contributed by atoms with Crippen LogP contribution in [0, 0.1) is 0 Å². The molecule has 1 amide bonds. The lowest BCUT2D eigenvalue weighted by Gasteiger charge is -2.22. The number of aromatic amines is 1. The van der Waals surface area contributed by atoms with Gasteiger partial charge in [-0.3, -0.25) is 4.79 Å². The predicted molar refractivity (Wildman–Crippen MR) is 89.8 cm³/mol. The van der Waals surface area contributed by atoms with Crippen LogP contribution in [0.25, 0.3) is 11.0 Å². The highest BCUT2D eigenvalue weighted by molar-refractivity contribution is 5.87. The number of hydrogen-bond donors (Lipinski definition) is 1. The molecule has 4 heteroatoms. The van der Waals surface area contributed by atoms with Gasteiger partial charge < -0.3 is 9.88 Å². The first-order valence-corrected chi connectivity index (χ1v) is 8.05. The minimum absolute atomic E-state index is 0.195. The van der Waals surface area contributed by atoms with Gasteiger partial charge in [0.25, 0.3) is 0 Å². The number of aromatic nitrogens is 2. The first kappa shape index (κ1) is 14.0.